The Morgan fingerprint density at radius 1 is 1.17 bits per heavy atom. The summed E-state index contributed by atoms with van der Waals surface area (Å²) < 4.78 is 41.4. The zero-order valence-electron chi connectivity index (χ0n) is 6.07. The third-order valence-electron chi connectivity index (χ3n) is 1.11. The first-order chi connectivity index (χ1) is 5.00. The molecule has 0 amide bonds. The Bertz CT molecular complexity index is 346. The van der Waals surface area contributed by atoms with Gasteiger partial charge in [0.25, 0.3) is 10.1 Å². The Morgan fingerprint density at radius 2 is 1.58 bits per heavy atom. The molecule has 62 valence electrons. The van der Waals surface area contributed by atoms with Gasteiger partial charge in [-0.15, -0.1) is 0 Å². The number of hydrogen-bond donors (Lipinski definition) is 1. The second kappa shape index (κ2) is 4.29. The molecule has 0 aliphatic carbocycles. The quantitative estimate of drug-likeness (QED) is 0.589. The summed E-state index contributed by atoms with van der Waals surface area (Å²) in [6.45, 7) is 0. The van der Waals surface area contributed by atoms with Crippen molar-refractivity contribution >= 4 is 10.1 Å². The number of hydrogen-bond acceptors (Lipinski definition) is 2. The molecule has 12 heavy (non-hydrogen) atoms. The van der Waals surface area contributed by atoms with Crippen molar-refractivity contribution in [1.82, 2.24) is 0 Å². The van der Waals surface area contributed by atoms with E-state index in [9.17, 15) is 12.8 Å². The third kappa shape index (κ3) is 3.16. The summed E-state index contributed by atoms with van der Waals surface area (Å²) in [5.74, 6) is -0.544. The van der Waals surface area contributed by atoms with E-state index in [4.69, 9.17) is 4.55 Å². The van der Waals surface area contributed by atoms with E-state index in [1.165, 1.54) is 0 Å². The van der Waals surface area contributed by atoms with E-state index < -0.39 is 15.9 Å². The van der Waals surface area contributed by atoms with E-state index in [1.807, 2.05) is 0 Å². The summed E-state index contributed by atoms with van der Waals surface area (Å²) in [5.41, 5.74) is 0. The van der Waals surface area contributed by atoms with Gasteiger partial charge in [0.2, 0.25) is 0 Å². The minimum atomic E-state index is -4.19. The van der Waals surface area contributed by atoms with Gasteiger partial charge in [-0.3, -0.25) is 4.55 Å². The molecule has 1 N–H and O–H groups in total. The van der Waals surface area contributed by atoms with Crippen LogP contribution in [0.4, 0.5) is 4.39 Å². The first kappa shape index (κ1) is 12.0. The summed E-state index contributed by atoms with van der Waals surface area (Å²) in [6.07, 6.45) is 0. The zero-order chi connectivity index (χ0) is 8.48. The zero-order valence-corrected chi connectivity index (χ0v) is 12.4. The molecule has 1 rings (SSSR count). The summed E-state index contributed by atoms with van der Waals surface area (Å²) >= 11 is 0. The van der Waals surface area contributed by atoms with Crippen LogP contribution in [0.1, 0.15) is 0 Å². The molecule has 0 heterocycles. The maximum absolute atomic E-state index is 12.2. The Balaban J connectivity index is 0.00000121. The predicted molar refractivity (Wildman–Crippen MR) is 36.2 cm³/mol. The van der Waals surface area contributed by atoms with Crippen LogP contribution in [0.25, 0.3) is 0 Å². The van der Waals surface area contributed by atoms with Crippen molar-refractivity contribution in [2.75, 3.05) is 0 Å². The van der Waals surface area contributed by atoms with Crippen molar-refractivity contribution in [1.29, 1.82) is 0 Å². The van der Waals surface area contributed by atoms with Gasteiger partial charge in [-0.05, 0) is 24.3 Å². The molecule has 0 unspecified atom stereocenters. The summed E-state index contributed by atoms with van der Waals surface area (Å²) in [6, 6.07) is 3.90. The van der Waals surface area contributed by atoms with Gasteiger partial charge in [0, 0.05) is 27.7 Å². The smallest absolute Gasteiger partial charge is 0.282 e. The van der Waals surface area contributed by atoms with Crippen LogP contribution in [0.5, 0.6) is 0 Å². The maximum atomic E-state index is 12.2. The molecule has 0 atom stereocenters. The van der Waals surface area contributed by atoms with Crippen LogP contribution < -0.4 is 0 Å². The molecule has 6 heteroatoms. The maximum Gasteiger partial charge on any atom is 0.294 e. The fraction of sp³-hybridized carbons (Fsp3) is 0. The molecule has 0 aliphatic heterocycles. The Labute approximate surface area is 89.9 Å². The van der Waals surface area contributed by atoms with Gasteiger partial charge in [-0.25, -0.2) is 4.39 Å². The summed E-state index contributed by atoms with van der Waals surface area (Å²) in [7, 11) is -4.19. The average Bonchev–Trinajstić information content (AvgIpc) is 1.86. The molecule has 1 aromatic carbocycles. The molecule has 0 bridgehead atoms. The average molecular weight is 377 g/mol. The first-order valence-electron chi connectivity index (χ1n) is 2.73. The molecular weight excluding hydrogens is 372 g/mol. The molecule has 1 aromatic rings. The largest absolute Gasteiger partial charge is 0.294 e. The van der Waals surface area contributed by atoms with E-state index in [1.54, 1.807) is 0 Å². The van der Waals surface area contributed by atoms with Crippen molar-refractivity contribution in [3.8, 4) is 0 Å². The van der Waals surface area contributed by atoms with Gasteiger partial charge in [-0.1, -0.05) is 0 Å². The van der Waals surface area contributed by atoms with Crippen LogP contribution >= 0.6 is 0 Å². The van der Waals surface area contributed by atoms with Crippen LogP contribution in [-0.2, 0) is 37.8 Å². The Kier molecular flexibility index (Phi) is 4.29. The first-order valence-corrected chi connectivity index (χ1v) is 4.17. The van der Waals surface area contributed by atoms with E-state index >= 15 is 0 Å². The summed E-state index contributed by atoms with van der Waals surface area (Å²) in [4.78, 5) is -0.307. The van der Waals surface area contributed by atoms with Crippen LogP contribution in [0, 0.1) is 5.82 Å². The van der Waals surface area contributed by atoms with E-state index in [0.717, 1.165) is 24.3 Å². The number of halogens is 1. The van der Waals surface area contributed by atoms with Crippen molar-refractivity contribution in [3.05, 3.63) is 30.1 Å². The fourth-order valence-corrected chi connectivity index (χ4v) is 1.09. The van der Waals surface area contributed by atoms with Gasteiger partial charge >= 0.3 is 0 Å². The molecule has 0 saturated heterocycles. The van der Waals surface area contributed by atoms with Crippen LogP contribution in [-0.4, -0.2) is 13.0 Å². The van der Waals surface area contributed by atoms with Gasteiger partial charge in [0.05, 0.1) is 4.90 Å². The Hall–Kier alpha value is -0.00494. The van der Waals surface area contributed by atoms with Crippen molar-refractivity contribution in [3.63, 3.8) is 0 Å². The monoisotopic (exact) mass is 378 g/mol. The van der Waals surface area contributed by atoms with Crippen molar-refractivity contribution < 1.29 is 45.0 Å². The molecule has 0 aliphatic rings. The fourth-order valence-electron chi connectivity index (χ4n) is 0.607. The molecule has 3 nitrogen and oxygen atoms in total. The predicted octanol–water partition coefficient (Wildman–Crippen LogP) is 1.07. The number of rotatable bonds is 1. The second-order valence-electron chi connectivity index (χ2n) is 1.93. The minimum Gasteiger partial charge on any atom is -0.282 e. The van der Waals surface area contributed by atoms with Gasteiger partial charge in [0.1, 0.15) is 5.82 Å². The summed E-state index contributed by atoms with van der Waals surface area (Å²) in [5, 5.41) is 0. The molecule has 0 fully saturated rings. The SMILES string of the molecule is O=S(=O)(O)c1ccc(F)cc1.[Hg]. The second-order valence-corrected chi connectivity index (χ2v) is 3.35. The molecule has 0 spiro atoms. The van der Waals surface area contributed by atoms with Gasteiger partial charge in [-0.2, -0.15) is 8.42 Å². The molecular formula is C6H5FHgO3S. The topological polar surface area (TPSA) is 54.4 Å². The molecule has 0 saturated carbocycles. The van der Waals surface area contributed by atoms with Crippen molar-refractivity contribution in [2.24, 2.45) is 0 Å². The molecule has 0 aromatic heterocycles. The minimum absolute atomic E-state index is 0. The molecule has 0 radical (unpaired) electrons. The third-order valence-corrected chi connectivity index (χ3v) is 1.98. The van der Waals surface area contributed by atoms with E-state index in [-0.39, 0.29) is 32.6 Å². The van der Waals surface area contributed by atoms with Crippen molar-refractivity contribution in [2.45, 2.75) is 4.90 Å². The van der Waals surface area contributed by atoms with Crippen LogP contribution in [0.2, 0.25) is 0 Å². The van der Waals surface area contributed by atoms with Crippen LogP contribution in [0.15, 0.2) is 29.2 Å². The van der Waals surface area contributed by atoms with Crippen LogP contribution in [0.3, 0.4) is 0 Å². The normalized spacial score (nSPS) is 10.5. The van der Waals surface area contributed by atoms with Gasteiger partial charge < -0.3 is 0 Å². The Morgan fingerprint density at radius 3 is 1.92 bits per heavy atom. The van der Waals surface area contributed by atoms with E-state index in [2.05, 4.69) is 0 Å². The number of benzene rings is 1. The standard InChI is InChI=1S/C6H5FO3S.Hg/c7-5-1-3-6(4-2-5)11(8,9)10;/h1-4H,(H,8,9,10);. The van der Waals surface area contributed by atoms with Gasteiger partial charge in [0.15, 0.2) is 0 Å². The van der Waals surface area contributed by atoms with E-state index in [0.29, 0.717) is 0 Å².